The molecule has 0 spiro atoms. The zero-order valence-electron chi connectivity index (χ0n) is 6.32. The summed E-state index contributed by atoms with van der Waals surface area (Å²) in [6, 6.07) is 9.12. The van der Waals surface area contributed by atoms with Crippen molar-refractivity contribution in [3.05, 3.63) is 35.4 Å². The molecule has 0 aliphatic carbocycles. The molecule has 1 aromatic carbocycles. The summed E-state index contributed by atoms with van der Waals surface area (Å²) in [6.07, 6.45) is 0. The molecule has 0 unspecified atom stereocenters. The molecule has 0 aliphatic heterocycles. The Balaban J connectivity index is 0. The molecular formula is C8H9ClMg. The second kappa shape index (κ2) is 6.02. The predicted octanol–water partition coefficient (Wildman–Crippen LogP) is -1.27. The maximum Gasteiger partial charge on any atom is 2.00 e. The topological polar surface area (TPSA) is 0 Å². The molecule has 10 heavy (non-hydrogen) atoms. The van der Waals surface area contributed by atoms with Gasteiger partial charge < -0.3 is 12.4 Å². The van der Waals surface area contributed by atoms with E-state index in [-0.39, 0.29) is 35.5 Å². The molecule has 1 aromatic rings. The number of hydrogen-bond donors (Lipinski definition) is 0. The molecule has 0 aromatic heterocycles. The second-order valence-electron chi connectivity index (χ2n) is 1.98. The zero-order chi connectivity index (χ0) is 5.98. The first-order valence-electron chi connectivity index (χ1n) is 2.74. The summed E-state index contributed by atoms with van der Waals surface area (Å²) >= 11 is 0. The van der Waals surface area contributed by atoms with Gasteiger partial charge in [0.1, 0.15) is 0 Å². The van der Waals surface area contributed by atoms with Crippen molar-refractivity contribution in [3.63, 3.8) is 0 Å². The molecule has 0 heterocycles. The summed E-state index contributed by atoms with van der Waals surface area (Å²) in [5, 5.41) is 0. The summed E-state index contributed by atoms with van der Waals surface area (Å²) in [6.45, 7) is 4.15. The minimum absolute atomic E-state index is 0. The quantitative estimate of drug-likeness (QED) is 0.332. The van der Waals surface area contributed by atoms with Gasteiger partial charge in [-0.1, -0.05) is 13.8 Å². The van der Waals surface area contributed by atoms with E-state index in [1.54, 1.807) is 0 Å². The molecule has 0 saturated carbocycles. The SMILES string of the molecule is Cc1[c-]cccc1C.[Cl-].[Mg+2]. The molecule has 1 rings (SSSR count). The van der Waals surface area contributed by atoms with E-state index in [2.05, 4.69) is 26.0 Å². The number of aryl methyl sites for hydroxylation is 2. The Hall–Kier alpha value is 0.276. The van der Waals surface area contributed by atoms with Crippen LogP contribution in [0.1, 0.15) is 11.1 Å². The van der Waals surface area contributed by atoms with Gasteiger partial charge in [-0.2, -0.15) is 35.4 Å². The fourth-order valence-corrected chi connectivity index (χ4v) is 0.604. The summed E-state index contributed by atoms with van der Waals surface area (Å²) < 4.78 is 0. The van der Waals surface area contributed by atoms with E-state index >= 15 is 0 Å². The van der Waals surface area contributed by atoms with Gasteiger partial charge in [-0.25, -0.2) is 0 Å². The monoisotopic (exact) mass is 164 g/mol. The summed E-state index contributed by atoms with van der Waals surface area (Å²) in [4.78, 5) is 0. The maximum absolute atomic E-state index is 3.10. The van der Waals surface area contributed by atoms with Gasteiger partial charge in [-0.3, -0.25) is 0 Å². The fraction of sp³-hybridized carbons (Fsp3) is 0.250. The van der Waals surface area contributed by atoms with Crippen molar-refractivity contribution in [3.8, 4) is 0 Å². The van der Waals surface area contributed by atoms with Gasteiger partial charge in [-0.05, 0) is 0 Å². The molecule has 0 saturated heterocycles. The Morgan fingerprint density at radius 1 is 1.30 bits per heavy atom. The minimum Gasteiger partial charge on any atom is -1.00 e. The predicted molar refractivity (Wildman–Crippen MR) is 40.5 cm³/mol. The van der Waals surface area contributed by atoms with Gasteiger partial charge >= 0.3 is 23.1 Å². The Kier molecular flexibility index (Phi) is 7.77. The molecule has 0 nitrogen and oxygen atoms in total. The molecule has 0 fully saturated rings. The van der Waals surface area contributed by atoms with Crippen LogP contribution in [0.5, 0.6) is 0 Å². The van der Waals surface area contributed by atoms with Crippen LogP contribution in [0.25, 0.3) is 0 Å². The Bertz CT molecular complexity index is 165. The van der Waals surface area contributed by atoms with Crippen LogP contribution in [0.2, 0.25) is 0 Å². The third-order valence-electron chi connectivity index (χ3n) is 1.33. The summed E-state index contributed by atoms with van der Waals surface area (Å²) in [5.41, 5.74) is 2.56. The van der Waals surface area contributed by atoms with Gasteiger partial charge in [0.05, 0.1) is 0 Å². The number of halogens is 1. The number of benzene rings is 1. The van der Waals surface area contributed by atoms with Crippen LogP contribution in [0, 0.1) is 19.9 Å². The van der Waals surface area contributed by atoms with E-state index in [1.807, 2.05) is 12.1 Å². The van der Waals surface area contributed by atoms with Crippen molar-refractivity contribution >= 4 is 23.1 Å². The Morgan fingerprint density at radius 3 is 2.20 bits per heavy atom. The smallest absolute Gasteiger partial charge is 1.00 e. The van der Waals surface area contributed by atoms with Gasteiger partial charge in [0.25, 0.3) is 0 Å². The van der Waals surface area contributed by atoms with Gasteiger partial charge in [0, 0.05) is 0 Å². The Morgan fingerprint density at radius 2 is 1.90 bits per heavy atom. The van der Waals surface area contributed by atoms with Crippen LogP contribution in [-0.2, 0) is 0 Å². The molecule has 0 N–H and O–H groups in total. The van der Waals surface area contributed by atoms with Gasteiger partial charge in [0.2, 0.25) is 0 Å². The first-order valence-corrected chi connectivity index (χ1v) is 2.74. The van der Waals surface area contributed by atoms with E-state index in [0.29, 0.717) is 0 Å². The number of rotatable bonds is 0. The first kappa shape index (κ1) is 12.9. The molecule has 0 bridgehead atoms. The molecule has 50 valence electrons. The summed E-state index contributed by atoms with van der Waals surface area (Å²) in [5.74, 6) is 0. The zero-order valence-corrected chi connectivity index (χ0v) is 8.49. The van der Waals surface area contributed by atoms with Crippen molar-refractivity contribution < 1.29 is 12.4 Å². The second-order valence-corrected chi connectivity index (χ2v) is 1.98. The normalized spacial score (nSPS) is 7.40. The first-order chi connectivity index (χ1) is 3.80. The van der Waals surface area contributed by atoms with Crippen molar-refractivity contribution in [2.75, 3.05) is 0 Å². The molecule has 2 heteroatoms. The van der Waals surface area contributed by atoms with Gasteiger partial charge in [0.15, 0.2) is 0 Å². The van der Waals surface area contributed by atoms with Crippen LogP contribution in [0.4, 0.5) is 0 Å². The Labute approximate surface area is 84.6 Å². The van der Waals surface area contributed by atoms with Gasteiger partial charge in [-0.15, -0.1) is 0 Å². The van der Waals surface area contributed by atoms with Crippen molar-refractivity contribution in [1.82, 2.24) is 0 Å². The summed E-state index contributed by atoms with van der Waals surface area (Å²) in [7, 11) is 0. The van der Waals surface area contributed by atoms with Crippen LogP contribution in [-0.4, -0.2) is 23.1 Å². The van der Waals surface area contributed by atoms with E-state index in [0.717, 1.165) is 0 Å². The van der Waals surface area contributed by atoms with Crippen molar-refractivity contribution in [2.24, 2.45) is 0 Å². The molecule has 0 radical (unpaired) electrons. The van der Waals surface area contributed by atoms with Crippen LogP contribution < -0.4 is 12.4 Å². The molecule has 0 amide bonds. The third kappa shape index (κ3) is 3.45. The maximum atomic E-state index is 3.10. The average molecular weight is 165 g/mol. The van der Waals surface area contributed by atoms with E-state index in [4.69, 9.17) is 0 Å². The largest absolute Gasteiger partial charge is 2.00 e. The molecular weight excluding hydrogens is 156 g/mol. The van der Waals surface area contributed by atoms with E-state index in [9.17, 15) is 0 Å². The fourth-order valence-electron chi connectivity index (χ4n) is 0.604. The third-order valence-corrected chi connectivity index (χ3v) is 1.33. The standard InChI is InChI=1S/C8H9.ClH.Mg/c1-7-5-3-4-6-8(7)2;;/h3-5H,1-2H3;1H;/q-1;;+2/p-1. The molecule has 0 atom stereocenters. The number of hydrogen-bond acceptors (Lipinski definition) is 0. The van der Waals surface area contributed by atoms with Crippen LogP contribution in [0.3, 0.4) is 0 Å². The van der Waals surface area contributed by atoms with Crippen molar-refractivity contribution in [2.45, 2.75) is 13.8 Å². The van der Waals surface area contributed by atoms with Crippen LogP contribution in [0.15, 0.2) is 18.2 Å². The van der Waals surface area contributed by atoms with Crippen LogP contribution >= 0.6 is 0 Å². The van der Waals surface area contributed by atoms with E-state index < -0.39 is 0 Å². The van der Waals surface area contributed by atoms with Crippen molar-refractivity contribution in [1.29, 1.82) is 0 Å². The average Bonchev–Trinajstić information content (AvgIpc) is 1.77. The molecule has 0 aliphatic rings. The minimum atomic E-state index is 0. The van der Waals surface area contributed by atoms with E-state index in [1.165, 1.54) is 11.1 Å².